The minimum absolute atomic E-state index is 0.0860. The Morgan fingerprint density at radius 2 is 2.20 bits per heavy atom. The molecule has 1 aliphatic rings. The molecule has 1 fully saturated rings. The van der Waals surface area contributed by atoms with Crippen molar-refractivity contribution in [2.75, 3.05) is 11.9 Å². The number of alkyl halides is 1. The summed E-state index contributed by atoms with van der Waals surface area (Å²) in [5.74, 6) is 0.283. The highest BCUT2D eigenvalue weighted by Crippen LogP contribution is 2.33. The quantitative estimate of drug-likeness (QED) is 0.647. The summed E-state index contributed by atoms with van der Waals surface area (Å²) in [7, 11) is 1.75. The molecule has 9 nitrogen and oxygen atoms in total. The van der Waals surface area contributed by atoms with E-state index in [4.69, 9.17) is 15.0 Å². The zero-order valence-electron chi connectivity index (χ0n) is 16.9. The van der Waals surface area contributed by atoms with Crippen LogP contribution in [0, 0.1) is 13.8 Å². The van der Waals surface area contributed by atoms with Crippen molar-refractivity contribution in [3.05, 3.63) is 34.4 Å². The highest BCUT2D eigenvalue weighted by atomic mass is 32.1. The number of halogens is 1. The van der Waals surface area contributed by atoms with Crippen LogP contribution in [-0.2, 0) is 11.8 Å². The summed E-state index contributed by atoms with van der Waals surface area (Å²) in [5, 5.41) is 13.4. The topological polar surface area (TPSA) is 121 Å². The molecule has 4 rings (SSSR count). The molecule has 11 heteroatoms. The van der Waals surface area contributed by atoms with Gasteiger partial charge < -0.3 is 20.3 Å². The third kappa shape index (κ3) is 3.87. The number of carbonyl (C=O) groups is 1. The Balaban J connectivity index is 1.54. The molecule has 1 saturated heterocycles. The molecule has 0 spiro atoms. The van der Waals surface area contributed by atoms with Crippen LogP contribution in [0.25, 0.3) is 10.6 Å². The second-order valence-corrected chi connectivity index (χ2v) is 8.20. The largest absolute Gasteiger partial charge is 0.369 e. The maximum atomic E-state index is 13.9. The number of aromatic nitrogens is 4. The van der Waals surface area contributed by atoms with Gasteiger partial charge in [-0.15, -0.1) is 11.3 Å². The fourth-order valence-electron chi connectivity index (χ4n) is 3.55. The first-order valence-electron chi connectivity index (χ1n) is 9.58. The maximum Gasteiger partial charge on any atom is 0.275 e. The van der Waals surface area contributed by atoms with E-state index < -0.39 is 18.3 Å². The molecule has 30 heavy (non-hydrogen) atoms. The van der Waals surface area contributed by atoms with E-state index in [1.165, 1.54) is 11.3 Å². The lowest BCUT2D eigenvalue weighted by molar-refractivity contribution is 0.0247. The Morgan fingerprint density at radius 1 is 1.40 bits per heavy atom. The molecular weight excluding hydrogens is 411 g/mol. The number of nitrogens with two attached hydrogens (primary N) is 1. The number of thiazole rings is 1. The highest BCUT2D eigenvalue weighted by molar-refractivity contribution is 7.13. The van der Waals surface area contributed by atoms with Crippen LogP contribution < -0.4 is 11.1 Å². The summed E-state index contributed by atoms with van der Waals surface area (Å²) in [4.78, 5) is 17.3. The molecule has 0 aromatic carbocycles. The second kappa shape index (κ2) is 8.25. The highest BCUT2D eigenvalue weighted by Gasteiger charge is 2.30. The van der Waals surface area contributed by atoms with Gasteiger partial charge in [0.25, 0.3) is 5.91 Å². The Kier molecular flexibility index (Phi) is 5.67. The average Bonchev–Trinajstić information content (AvgIpc) is 3.39. The van der Waals surface area contributed by atoms with Crippen molar-refractivity contribution < 1.29 is 18.4 Å². The van der Waals surface area contributed by atoms with E-state index >= 15 is 0 Å². The van der Waals surface area contributed by atoms with E-state index in [1.807, 2.05) is 6.92 Å². The molecule has 0 aliphatic carbocycles. The molecule has 1 aliphatic heterocycles. The summed E-state index contributed by atoms with van der Waals surface area (Å²) >= 11 is 1.34. The SMILES string of the molecule is Cc1noc(C)c1-c1nc(C(=O)Nc2cnn(C)c2C2CCC(N)C(F)CO2)cs1. The zero-order chi connectivity index (χ0) is 21.4. The van der Waals surface area contributed by atoms with E-state index in [1.54, 1.807) is 30.2 Å². The van der Waals surface area contributed by atoms with Crippen molar-refractivity contribution in [2.24, 2.45) is 12.8 Å². The number of anilines is 1. The molecule has 3 unspecified atom stereocenters. The predicted octanol–water partition coefficient (Wildman–Crippen LogP) is 2.92. The van der Waals surface area contributed by atoms with Gasteiger partial charge in [-0.1, -0.05) is 5.16 Å². The average molecular weight is 434 g/mol. The number of carbonyl (C=O) groups excluding carboxylic acids is 1. The maximum absolute atomic E-state index is 13.9. The zero-order valence-corrected chi connectivity index (χ0v) is 17.7. The van der Waals surface area contributed by atoms with Gasteiger partial charge in [-0.3, -0.25) is 9.48 Å². The summed E-state index contributed by atoms with van der Waals surface area (Å²) in [5.41, 5.74) is 8.79. The first-order chi connectivity index (χ1) is 14.3. The van der Waals surface area contributed by atoms with Crippen molar-refractivity contribution in [2.45, 2.75) is 45.0 Å². The molecule has 160 valence electrons. The van der Waals surface area contributed by atoms with Gasteiger partial charge in [0.1, 0.15) is 28.7 Å². The Morgan fingerprint density at radius 3 is 2.93 bits per heavy atom. The van der Waals surface area contributed by atoms with Gasteiger partial charge in [-0.25, -0.2) is 9.37 Å². The molecular formula is C19H23FN6O3S. The minimum atomic E-state index is -1.21. The molecule has 0 radical (unpaired) electrons. The number of rotatable bonds is 4. The van der Waals surface area contributed by atoms with Gasteiger partial charge >= 0.3 is 0 Å². The lowest BCUT2D eigenvalue weighted by atomic mass is 10.0. The molecule has 3 N–H and O–H groups in total. The lowest BCUT2D eigenvalue weighted by Gasteiger charge is -2.17. The van der Waals surface area contributed by atoms with Crippen LogP contribution in [0.4, 0.5) is 10.1 Å². The number of hydrogen-bond acceptors (Lipinski definition) is 8. The van der Waals surface area contributed by atoms with Gasteiger partial charge in [0.15, 0.2) is 0 Å². The van der Waals surface area contributed by atoms with Crippen LogP contribution in [0.1, 0.15) is 46.6 Å². The number of amides is 1. The molecule has 3 atom stereocenters. The fraction of sp³-hybridized carbons (Fsp3) is 0.474. The number of aryl methyl sites for hydroxylation is 3. The van der Waals surface area contributed by atoms with Crippen molar-refractivity contribution in [1.29, 1.82) is 0 Å². The molecule has 4 heterocycles. The standard InChI is InChI=1S/C19H23FN6O3S/c1-9-16(10(2)29-25-9)19-24-14(8-30-19)18(27)23-13-6-22-26(3)17(13)15-5-4-12(21)11(20)7-28-15/h6,8,11-12,15H,4-5,7,21H2,1-3H3,(H,23,27). The number of ether oxygens (including phenoxy) is 1. The van der Waals surface area contributed by atoms with E-state index in [9.17, 15) is 9.18 Å². The number of nitrogens with zero attached hydrogens (tertiary/aromatic N) is 4. The Bertz CT molecular complexity index is 1030. The number of hydrogen-bond donors (Lipinski definition) is 2. The number of nitrogens with one attached hydrogen (secondary N) is 1. The van der Waals surface area contributed by atoms with Crippen LogP contribution in [-0.4, -0.2) is 44.6 Å². The monoisotopic (exact) mass is 434 g/mol. The van der Waals surface area contributed by atoms with Crippen LogP contribution in [0.5, 0.6) is 0 Å². The smallest absolute Gasteiger partial charge is 0.275 e. The van der Waals surface area contributed by atoms with Crippen molar-refractivity contribution in [3.8, 4) is 10.6 Å². The van der Waals surface area contributed by atoms with E-state index in [2.05, 4.69) is 20.6 Å². The van der Waals surface area contributed by atoms with Crippen molar-refractivity contribution >= 4 is 22.9 Å². The van der Waals surface area contributed by atoms with Gasteiger partial charge in [-0.2, -0.15) is 5.10 Å². The first-order valence-corrected chi connectivity index (χ1v) is 10.5. The Labute approximate surface area is 176 Å². The van der Waals surface area contributed by atoms with E-state index in [0.717, 1.165) is 11.3 Å². The van der Waals surface area contributed by atoms with Gasteiger partial charge in [0.05, 0.1) is 35.4 Å². The third-order valence-corrected chi connectivity index (χ3v) is 6.07. The molecule has 3 aromatic heterocycles. The van der Waals surface area contributed by atoms with Crippen LogP contribution in [0.15, 0.2) is 16.1 Å². The predicted molar refractivity (Wildman–Crippen MR) is 109 cm³/mol. The minimum Gasteiger partial charge on any atom is -0.369 e. The lowest BCUT2D eigenvalue weighted by Crippen LogP contribution is -2.32. The van der Waals surface area contributed by atoms with Crippen molar-refractivity contribution in [1.82, 2.24) is 19.9 Å². The Hall–Kier alpha value is -2.63. The molecule has 1 amide bonds. The van der Waals surface area contributed by atoms with E-state index in [-0.39, 0.29) is 18.2 Å². The van der Waals surface area contributed by atoms with Gasteiger partial charge in [0, 0.05) is 18.5 Å². The van der Waals surface area contributed by atoms with Crippen LogP contribution in [0.3, 0.4) is 0 Å². The molecule has 0 bridgehead atoms. The third-order valence-electron chi connectivity index (χ3n) is 5.21. The van der Waals surface area contributed by atoms with Gasteiger partial charge in [-0.05, 0) is 26.7 Å². The summed E-state index contributed by atoms with van der Waals surface area (Å²) in [6.07, 6.45) is 0.955. The second-order valence-electron chi connectivity index (χ2n) is 7.34. The van der Waals surface area contributed by atoms with Gasteiger partial charge in [0.2, 0.25) is 0 Å². The summed E-state index contributed by atoms with van der Waals surface area (Å²) in [6.45, 7) is 3.55. The van der Waals surface area contributed by atoms with Crippen LogP contribution >= 0.6 is 11.3 Å². The van der Waals surface area contributed by atoms with Crippen LogP contribution in [0.2, 0.25) is 0 Å². The fourth-order valence-corrected chi connectivity index (χ4v) is 4.49. The summed E-state index contributed by atoms with van der Waals surface area (Å²) in [6, 6.07) is -0.556. The molecule has 3 aromatic rings. The first kappa shape index (κ1) is 20.6. The summed E-state index contributed by atoms with van der Waals surface area (Å²) < 4.78 is 26.4. The van der Waals surface area contributed by atoms with E-state index in [0.29, 0.717) is 35.0 Å². The normalized spacial score (nSPS) is 22.1. The van der Waals surface area contributed by atoms with Crippen molar-refractivity contribution in [3.63, 3.8) is 0 Å². The molecule has 0 saturated carbocycles.